The molecule has 4 aromatic heterocycles. The minimum Gasteiger partial charge on any atom is -0.455 e. The van der Waals surface area contributed by atoms with Gasteiger partial charge in [0.05, 0.1) is 79.4 Å². The van der Waals surface area contributed by atoms with E-state index < -0.39 is 50.0 Å². The van der Waals surface area contributed by atoms with E-state index in [0.29, 0.717) is 99.7 Å². The molecule has 96 heavy (non-hydrogen) atoms. The second-order valence-electron chi connectivity index (χ2n) is 23.9. The molecule has 13 rings (SSSR count). The molecule has 1 fully saturated rings. The van der Waals surface area contributed by atoms with E-state index in [1.807, 2.05) is 88.4 Å². The summed E-state index contributed by atoms with van der Waals surface area (Å²) in [5, 5.41) is 1.92. The number of nitrogens with zero attached hydrogens (tertiary/aromatic N) is 6. The first-order valence-corrected chi connectivity index (χ1v) is 34.8. The minimum absolute atomic E-state index is 0.0625. The standard InChI is InChI=1S/C33H26FN3O5S.C25H29BFNO6S.C14H9BrN2O/c1-4-29(38)31-26-17-24(21-12-15-27-25(16-21)33(39)37(19-35-27)23-8-6-5-7-9-23)28(36(2)43(3,40)41)18-30(26)42-32(31)20-10-13-22(34)14-11-20;1-8-20(29)22-17-13-18(26-33-24(2,3)25(4,5)34-26)19(28(6)35(7,30)31)14-21(17)32-23(22)15-9-11-16(27)12-10-15;15-10-6-7-13-12(8-10)14(18)17(9-16-13)11-4-2-1-3-5-11/h5-19H,4H2,1-3H3;9-14H,8H2,1-7H3;1-9H. The van der Waals surface area contributed by atoms with Crippen LogP contribution in [0, 0.1) is 11.6 Å². The second kappa shape index (κ2) is 26.5. The summed E-state index contributed by atoms with van der Waals surface area (Å²) in [6, 6.07) is 47.0. The van der Waals surface area contributed by atoms with Gasteiger partial charge in [-0.25, -0.2) is 35.6 Å². The lowest BCUT2D eigenvalue weighted by Gasteiger charge is -2.32. The maximum absolute atomic E-state index is 13.7. The lowest BCUT2D eigenvalue weighted by Crippen LogP contribution is -2.41. The Morgan fingerprint density at radius 2 is 0.938 bits per heavy atom. The summed E-state index contributed by atoms with van der Waals surface area (Å²) in [6.07, 6.45) is 5.63. The van der Waals surface area contributed by atoms with Crippen molar-refractivity contribution in [3.63, 3.8) is 0 Å². The largest absolute Gasteiger partial charge is 0.497 e. The van der Waals surface area contributed by atoms with Crippen LogP contribution < -0.4 is 25.2 Å². The predicted octanol–water partition coefficient (Wildman–Crippen LogP) is 14.3. The number of anilines is 2. The van der Waals surface area contributed by atoms with Gasteiger partial charge in [0.25, 0.3) is 11.1 Å². The van der Waals surface area contributed by atoms with Crippen molar-refractivity contribution in [3.05, 3.63) is 230 Å². The van der Waals surface area contributed by atoms with Crippen molar-refractivity contribution in [1.29, 1.82) is 0 Å². The van der Waals surface area contributed by atoms with Gasteiger partial charge in [-0.3, -0.25) is 36.9 Å². The van der Waals surface area contributed by atoms with E-state index in [0.717, 1.165) is 31.3 Å². The molecule has 0 atom stereocenters. The number of hydrogen-bond donors (Lipinski definition) is 0. The molecule has 1 aliphatic rings. The van der Waals surface area contributed by atoms with E-state index in [1.54, 1.807) is 85.4 Å². The van der Waals surface area contributed by atoms with Gasteiger partial charge in [0.1, 0.15) is 47.0 Å². The van der Waals surface area contributed by atoms with Crippen LogP contribution in [0.3, 0.4) is 0 Å². The van der Waals surface area contributed by atoms with Gasteiger partial charge in [0.15, 0.2) is 11.6 Å². The van der Waals surface area contributed by atoms with Gasteiger partial charge in [0.2, 0.25) is 20.0 Å². The van der Waals surface area contributed by atoms with Crippen molar-refractivity contribution >= 4 is 115 Å². The number of aromatic nitrogens is 4. The maximum atomic E-state index is 13.7. The van der Waals surface area contributed by atoms with Crippen LogP contribution in [0.15, 0.2) is 205 Å². The van der Waals surface area contributed by atoms with E-state index in [2.05, 4.69) is 25.9 Å². The van der Waals surface area contributed by atoms with Crippen molar-refractivity contribution in [2.45, 2.75) is 65.6 Å². The normalized spacial score (nSPS) is 13.5. The van der Waals surface area contributed by atoms with Gasteiger partial charge < -0.3 is 18.1 Å². The topological polar surface area (TPSA) is 223 Å². The van der Waals surface area contributed by atoms with Crippen LogP contribution in [0.25, 0.3) is 88.9 Å². The van der Waals surface area contributed by atoms with Crippen LogP contribution in [0.1, 0.15) is 75.1 Å². The smallest absolute Gasteiger partial charge is 0.455 e. The summed E-state index contributed by atoms with van der Waals surface area (Å²) in [6.45, 7) is 11.1. The number of halogens is 3. The summed E-state index contributed by atoms with van der Waals surface area (Å²) in [4.78, 5) is 61.1. The fourth-order valence-corrected chi connectivity index (χ4v) is 12.4. The Labute approximate surface area is 560 Å². The molecule has 24 heteroatoms. The fourth-order valence-electron chi connectivity index (χ4n) is 11.0. The van der Waals surface area contributed by atoms with Crippen molar-refractivity contribution in [2.75, 3.05) is 35.2 Å². The Balaban J connectivity index is 0.000000158. The highest BCUT2D eigenvalue weighted by atomic mass is 79.9. The molecule has 0 spiro atoms. The molecule has 8 aromatic carbocycles. The first kappa shape index (κ1) is 67.7. The molecular weight excluding hydrogens is 1330 g/mol. The highest BCUT2D eigenvalue weighted by Gasteiger charge is 2.53. The SMILES string of the molecule is CCC(=O)c1c(-c2ccc(F)cc2)oc2cc(N(C)S(C)(=O)=O)c(-c3ccc4ncn(-c5ccccc5)c(=O)c4c3)cc12.CCC(=O)c1c(-c2ccc(F)cc2)oc2cc(N(C)S(C)(=O)=O)c(B3OC(C)(C)C(C)(C)O3)cc12.O=c1c2cc(Br)ccc2ncn1-c1ccccc1. The van der Waals surface area contributed by atoms with Gasteiger partial charge in [-0.1, -0.05) is 72.2 Å². The second-order valence-corrected chi connectivity index (χ2v) is 28.8. The zero-order chi connectivity index (χ0) is 68.9. The van der Waals surface area contributed by atoms with Gasteiger partial charge >= 0.3 is 7.12 Å². The van der Waals surface area contributed by atoms with Crippen LogP contribution in [0.2, 0.25) is 0 Å². The Bertz CT molecular complexity index is 5380. The van der Waals surface area contributed by atoms with Crippen molar-refractivity contribution in [1.82, 2.24) is 19.1 Å². The number of carbonyl (C=O) groups excluding carboxylic acids is 2. The minimum atomic E-state index is -3.72. The zero-order valence-electron chi connectivity index (χ0n) is 53.8. The molecule has 18 nitrogen and oxygen atoms in total. The molecule has 0 N–H and O–H groups in total. The monoisotopic (exact) mass is 1400 g/mol. The molecule has 0 radical (unpaired) electrons. The number of furan rings is 2. The Hall–Kier alpha value is -9.72. The fraction of sp³-hybridized carbons (Fsp3) is 0.194. The molecule has 0 amide bonds. The van der Waals surface area contributed by atoms with Crippen LogP contribution in [0.4, 0.5) is 20.2 Å². The lowest BCUT2D eigenvalue weighted by atomic mass is 9.76. The number of benzene rings is 8. The molecule has 0 aliphatic carbocycles. The predicted molar refractivity (Wildman–Crippen MR) is 376 cm³/mol. The lowest BCUT2D eigenvalue weighted by molar-refractivity contribution is 0.00578. The Morgan fingerprint density at radius 3 is 1.39 bits per heavy atom. The highest BCUT2D eigenvalue weighted by molar-refractivity contribution is 9.10. The number of carbonyl (C=O) groups is 2. The van der Waals surface area contributed by atoms with Crippen LogP contribution in [-0.4, -0.2) is 92.4 Å². The van der Waals surface area contributed by atoms with E-state index in [-0.39, 0.29) is 47.0 Å². The number of ketones is 2. The van der Waals surface area contributed by atoms with Crippen LogP contribution in [0.5, 0.6) is 0 Å². The van der Waals surface area contributed by atoms with E-state index in [9.17, 15) is 44.8 Å². The van der Waals surface area contributed by atoms with Gasteiger partial charge in [-0.05, 0) is 149 Å². The van der Waals surface area contributed by atoms with Gasteiger partial charge in [0, 0.05) is 76.5 Å². The third kappa shape index (κ3) is 13.3. The summed E-state index contributed by atoms with van der Waals surface area (Å²) in [5.74, 6) is -0.631. The number of rotatable bonds is 14. The molecule has 1 saturated heterocycles. The third-order valence-corrected chi connectivity index (χ3v) is 20.0. The first-order chi connectivity index (χ1) is 45.5. The highest BCUT2D eigenvalue weighted by Crippen LogP contribution is 2.44. The summed E-state index contributed by atoms with van der Waals surface area (Å²) in [5.41, 5.74) is 5.37. The quantitative estimate of drug-likeness (QED) is 0.0730. The van der Waals surface area contributed by atoms with Gasteiger partial charge in [-0.15, -0.1) is 0 Å². The molecule has 0 unspecified atom stereocenters. The average Bonchev–Trinajstić information content (AvgIpc) is 1.55. The summed E-state index contributed by atoms with van der Waals surface area (Å²) < 4.78 is 109. The number of Topliss-reactive ketones (excluding diaryl/α,β-unsaturated/α-hetero) is 2. The van der Waals surface area contributed by atoms with E-state index in [4.69, 9.17) is 18.1 Å². The maximum Gasteiger partial charge on any atom is 0.497 e. The molecule has 12 aromatic rings. The number of hydrogen-bond acceptors (Lipinski definition) is 14. The van der Waals surface area contributed by atoms with Crippen molar-refractivity contribution in [2.24, 2.45) is 0 Å². The molecule has 5 heterocycles. The zero-order valence-corrected chi connectivity index (χ0v) is 57.1. The molecule has 0 saturated carbocycles. The molecule has 1 aliphatic heterocycles. The van der Waals surface area contributed by atoms with Crippen LogP contribution in [-0.2, 0) is 29.4 Å². The molecule has 490 valence electrons. The van der Waals surface area contributed by atoms with Crippen molar-refractivity contribution in [3.8, 4) is 45.1 Å². The summed E-state index contributed by atoms with van der Waals surface area (Å²) in [7, 11) is -5.38. The van der Waals surface area contributed by atoms with Crippen LogP contribution >= 0.6 is 15.9 Å². The van der Waals surface area contributed by atoms with E-state index in [1.165, 1.54) is 73.5 Å². The number of para-hydroxylation sites is 2. The Morgan fingerprint density at radius 1 is 0.531 bits per heavy atom. The molecule has 0 bridgehead atoms. The average molecular weight is 1400 g/mol. The third-order valence-electron chi connectivity index (χ3n) is 17.1. The van der Waals surface area contributed by atoms with Gasteiger partial charge in [-0.2, -0.15) is 0 Å². The molecular formula is C72H64BBrF2N6O12S2. The Kier molecular flexibility index (Phi) is 18.7. The number of fused-ring (bicyclic) bond motifs is 4. The first-order valence-electron chi connectivity index (χ1n) is 30.3. The van der Waals surface area contributed by atoms with E-state index >= 15 is 0 Å². The number of sulfonamides is 2. The summed E-state index contributed by atoms with van der Waals surface area (Å²) >= 11 is 3.37. The van der Waals surface area contributed by atoms with Crippen molar-refractivity contribution < 1.29 is 53.3 Å².